The molecule has 3 aromatic rings. The second-order valence-corrected chi connectivity index (χ2v) is 9.57. The Labute approximate surface area is 204 Å². The van der Waals surface area contributed by atoms with Gasteiger partial charge in [-0.1, -0.05) is 74.0 Å². The highest BCUT2D eigenvalue weighted by molar-refractivity contribution is 8.00. The third kappa shape index (κ3) is 7.03. The van der Waals surface area contributed by atoms with Crippen molar-refractivity contribution in [3.63, 3.8) is 0 Å². The predicted molar refractivity (Wildman–Crippen MR) is 136 cm³/mol. The number of nitrogens with zero attached hydrogens (tertiary/aromatic N) is 2. The van der Waals surface area contributed by atoms with Crippen molar-refractivity contribution >= 4 is 17.7 Å². The van der Waals surface area contributed by atoms with Crippen molar-refractivity contribution in [3.05, 3.63) is 93.2 Å². The largest absolute Gasteiger partial charge is 0.355 e. The van der Waals surface area contributed by atoms with E-state index in [0.29, 0.717) is 35.8 Å². The molecule has 0 spiro atoms. The molecule has 7 heteroatoms. The molecule has 0 aliphatic rings. The van der Waals surface area contributed by atoms with Crippen molar-refractivity contribution in [2.75, 3.05) is 6.54 Å². The van der Waals surface area contributed by atoms with E-state index in [4.69, 9.17) is 0 Å². The van der Waals surface area contributed by atoms with Gasteiger partial charge in [0.05, 0.1) is 5.25 Å². The Morgan fingerprint density at radius 1 is 1.12 bits per heavy atom. The number of aryl methyl sites for hydroxylation is 1. The summed E-state index contributed by atoms with van der Waals surface area (Å²) in [6.07, 6.45) is 3.77. The van der Waals surface area contributed by atoms with Crippen molar-refractivity contribution in [2.45, 2.75) is 56.4 Å². The molecule has 1 atom stereocenters. The molecular formula is C27H32FN3O2S. The van der Waals surface area contributed by atoms with E-state index in [-0.39, 0.29) is 22.5 Å². The van der Waals surface area contributed by atoms with E-state index in [9.17, 15) is 14.0 Å². The van der Waals surface area contributed by atoms with Gasteiger partial charge in [-0.25, -0.2) is 9.37 Å². The van der Waals surface area contributed by atoms with Crippen LogP contribution >= 0.6 is 11.8 Å². The highest BCUT2D eigenvalue weighted by atomic mass is 32.2. The summed E-state index contributed by atoms with van der Waals surface area (Å²) in [5, 5.41) is 3.26. The van der Waals surface area contributed by atoms with E-state index < -0.39 is 0 Å². The van der Waals surface area contributed by atoms with Crippen LogP contribution < -0.4 is 10.9 Å². The summed E-state index contributed by atoms with van der Waals surface area (Å²) < 4.78 is 14.7. The van der Waals surface area contributed by atoms with Gasteiger partial charge in [0.2, 0.25) is 5.91 Å². The second-order valence-electron chi connectivity index (χ2n) is 8.40. The molecule has 1 N–H and O–H groups in total. The van der Waals surface area contributed by atoms with Gasteiger partial charge in [-0.05, 0) is 43.0 Å². The van der Waals surface area contributed by atoms with Crippen LogP contribution in [0.25, 0.3) is 0 Å². The van der Waals surface area contributed by atoms with Crippen molar-refractivity contribution in [2.24, 2.45) is 7.05 Å². The highest BCUT2D eigenvalue weighted by Crippen LogP contribution is 2.25. The van der Waals surface area contributed by atoms with Crippen LogP contribution in [-0.4, -0.2) is 27.3 Å². The summed E-state index contributed by atoms with van der Waals surface area (Å²) in [6, 6.07) is 16.2. The molecule has 34 heavy (non-hydrogen) atoms. The summed E-state index contributed by atoms with van der Waals surface area (Å²) in [6.45, 7) is 4.47. The van der Waals surface area contributed by atoms with E-state index in [0.717, 1.165) is 24.8 Å². The lowest BCUT2D eigenvalue weighted by molar-refractivity contribution is -0.120. The number of hydrogen-bond donors (Lipinski definition) is 1. The molecule has 0 bridgehead atoms. The van der Waals surface area contributed by atoms with Gasteiger partial charge in [0, 0.05) is 31.3 Å². The first-order chi connectivity index (χ1) is 16.4. The molecule has 0 saturated carbocycles. The maximum Gasteiger partial charge on any atom is 0.257 e. The van der Waals surface area contributed by atoms with Crippen molar-refractivity contribution in [3.8, 4) is 0 Å². The molecule has 1 amide bonds. The van der Waals surface area contributed by atoms with Crippen LogP contribution in [0.5, 0.6) is 0 Å². The molecule has 1 aromatic heterocycles. The van der Waals surface area contributed by atoms with Crippen LogP contribution in [0, 0.1) is 12.7 Å². The smallest absolute Gasteiger partial charge is 0.257 e. The molecule has 0 fully saturated rings. The number of unbranched alkanes of at least 4 members (excludes halogenated alkanes) is 1. The summed E-state index contributed by atoms with van der Waals surface area (Å²) in [7, 11) is 1.69. The number of thioether (sulfide) groups is 1. The summed E-state index contributed by atoms with van der Waals surface area (Å²) in [4.78, 5) is 30.8. The second kappa shape index (κ2) is 12.5. The lowest BCUT2D eigenvalue weighted by Gasteiger charge is -2.18. The molecule has 2 aromatic carbocycles. The fourth-order valence-electron chi connectivity index (χ4n) is 3.69. The summed E-state index contributed by atoms with van der Waals surface area (Å²) >= 11 is 1.35. The Hall–Kier alpha value is -2.93. The third-order valence-electron chi connectivity index (χ3n) is 5.76. The van der Waals surface area contributed by atoms with Crippen LogP contribution in [0.3, 0.4) is 0 Å². The molecule has 3 rings (SSSR count). The number of carbonyl (C=O) groups is 1. The van der Waals surface area contributed by atoms with Crippen LogP contribution in [-0.2, 0) is 24.7 Å². The number of halogens is 1. The SMILES string of the molecule is CCCCC(Sc1nc(C)c(Cc2ccc(F)cc2)c(=O)n1C)C(=O)NCCc1ccccc1. The van der Waals surface area contributed by atoms with Crippen molar-refractivity contribution < 1.29 is 9.18 Å². The number of benzene rings is 2. The van der Waals surface area contributed by atoms with Gasteiger partial charge in [0.15, 0.2) is 5.16 Å². The molecule has 180 valence electrons. The van der Waals surface area contributed by atoms with Crippen molar-refractivity contribution in [1.82, 2.24) is 14.9 Å². The van der Waals surface area contributed by atoms with Crippen LogP contribution in [0.2, 0.25) is 0 Å². The first-order valence-electron chi connectivity index (χ1n) is 11.7. The number of carbonyl (C=O) groups excluding carboxylic acids is 1. The minimum Gasteiger partial charge on any atom is -0.355 e. The van der Waals surface area contributed by atoms with Gasteiger partial charge >= 0.3 is 0 Å². The first-order valence-corrected chi connectivity index (χ1v) is 12.6. The van der Waals surface area contributed by atoms with Gasteiger partial charge < -0.3 is 5.32 Å². The Kier molecular flexibility index (Phi) is 9.45. The summed E-state index contributed by atoms with van der Waals surface area (Å²) in [5.74, 6) is -0.338. The Morgan fingerprint density at radius 3 is 2.50 bits per heavy atom. The topological polar surface area (TPSA) is 64.0 Å². The quantitative estimate of drug-likeness (QED) is 0.315. The number of hydrogen-bond acceptors (Lipinski definition) is 4. The Balaban J connectivity index is 1.73. The Bertz CT molecular complexity index is 1150. The fraction of sp³-hybridized carbons (Fsp3) is 0.370. The number of aromatic nitrogens is 2. The predicted octanol–water partition coefficient (Wildman–Crippen LogP) is 4.83. The number of rotatable bonds is 11. The Morgan fingerprint density at radius 2 is 1.82 bits per heavy atom. The zero-order chi connectivity index (χ0) is 24.5. The first kappa shape index (κ1) is 25.7. The van der Waals surface area contributed by atoms with Gasteiger partial charge in [-0.15, -0.1) is 0 Å². The van der Waals surface area contributed by atoms with Gasteiger partial charge in [0.25, 0.3) is 5.56 Å². The normalized spacial score (nSPS) is 11.9. The minimum absolute atomic E-state index is 0.0309. The molecule has 0 saturated heterocycles. The summed E-state index contributed by atoms with van der Waals surface area (Å²) in [5.41, 5.74) is 3.10. The zero-order valence-electron chi connectivity index (χ0n) is 20.0. The lowest BCUT2D eigenvalue weighted by Crippen LogP contribution is -2.35. The monoisotopic (exact) mass is 481 g/mol. The van der Waals surface area contributed by atoms with Crippen LogP contribution in [0.1, 0.15) is 48.6 Å². The fourth-order valence-corrected chi connectivity index (χ4v) is 4.85. The number of amides is 1. The van der Waals surface area contributed by atoms with Gasteiger partial charge in [-0.2, -0.15) is 0 Å². The maximum atomic E-state index is 13.2. The zero-order valence-corrected chi connectivity index (χ0v) is 20.8. The van der Waals surface area contributed by atoms with E-state index in [2.05, 4.69) is 17.2 Å². The lowest BCUT2D eigenvalue weighted by atomic mass is 10.1. The molecule has 0 aliphatic heterocycles. The highest BCUT2D eigenvalue weighted by Gasteiger charge is 2.23. The average Bonchev–Trinajstić information content (AvgIpc) is 2.84. The maximum absolute atomic E-state index is 13.2. The van der Waals surface area contributed by atoms with E-state index >= 15 is 0 Å². The average molecular weight is 482 g/mol. The van der Waals surface area contributed by atoms with Crippen LogP contribution in [0.15, 0.2) is 64.5 Å². The number of nitrogens with one attached hydrogen (secondary N) is 1. The minimum atomic E-state index is -0.323. The molecule has 0 radical (unpaired) electrons. The van der Waals surface area contributed by atoms with Crippen molar-refractivity contribution in [1.29, 1.82) is 0 Å². The van der Waals surface area contributed by atoms with E-state index in [1.54, 1.807) is 19.2 Å². The standard InChI is InChI=1S/C27H32FN3O2S/c1-4-5-11-24(25(32)29-17-16-20-9-7-6-8-10-20)34-27-30-19(2)23(26(33)31(27)3)18-21-12-14-22(28)15-13-21/h6-10,12-15,24H,4-5,11,16-18H2,1-3H3,(H,29,32). The van der Waals surface area contributed by atoms with Crippen LogP contribution in [0.4, 0.5) is 4.39 Å². The van der Waals surface area contributed by atoms with E-state index in [1.807, 2.05) is 37.3 Å². The van der Waals surface area contributed by atoms with Gasteiger partial charge in [-0.3, -0.25) is 14.2 Å². The van der Waals surface area contributed by atoms with E-state index in [1.165, 1.54) is 34.0 Å². The molecule has 1 unspecified atom stereocenters. The molecular weight excluding hydrogens is 449 g/mol. The molecule has 5 nitrogen and oxygen atoms in total. The van der Waals surface area contributed by atoms with Gasteiger partial charge in [0.1, 0.15) is 5.82 Å². The molecule has 0 aliphatic carbocycles. The third-order valence-corrected chi connectivity index (χ3v) is 7.07. The molecule has 1 heterocycles.